The Morgan fingerprint density at radius 2 is 2.14 bits per heavy atom. The Morgan fingerprint density at radius 1 is 1.38 bits per heavy atom. The molecule has 1 aromatic heterocycles. The van der Waals surface area contributed by atoms with Gasteiger partial charge in [-0.3, -0.25) is 4.90 Å². The van der Waals surface area contributed by atoms with Crippen LogP contribution >= 0.6 is 0 Å². The van der Waals surface area contributed by atoms with Gasteiger partial charge in [0.2, 0.25) is 5.88 Å². The number of hydrogen-bond donors (Lipinski definition) is 1. The number of nitrogens with zero attached hydrogens (tertiary/aromatic N) is 3. The molecule has 0 aliphatic carbocycles. The summed E-state index contributed by atoms with van der Waals surface area (Å²) in [6, 6.07) is 0.395. The van der Waals surface area contributed by atoms with E-state index < -0.39 is 0 Å². The number of aryl methyl sites for hydroxylation is 2. The van der Waals surface area contributed by atoms with Gasteiger partial charge in [-0.1, -0.05) is 6.92 Å². The smallest absolute Gasteiger partial charge is 0.216 e. The summed E-state index contributed by atoms with van der Waals surface area (Å²) in [4.78, 5) is 2.47. The molecule has 1 aliphatic heterocycles. The molecule has 1 saturated heterocycles. The third-order valence-corrected chi connectivity index (χ3v) is 4.54. The maximum atomic E-state index is 5.63. The summed E-state index contributed by atoms with van der Waals surface area (Å²) in [5.41, 5.74) is 2.36. The van der Waals surface area contributed by atoms with Crippen molar-refractivity contribution in [2.45, 2.75) is 39.2 Å². The second kappa shape index (κ2) is 7.27. The van der Waals surface area contributed by atoms with Crippen molar-refractivity contribution in [3.63, 3.8) is 0 Å². The van der Waals surface area contributed by atoms with Gasteiger partial charge in [0.25, 0.3) is 0 Å². The van der Waals surface area contributed by atoms with Crippen LogP contribution in [-0.2, 0) is 7.05 Å². The molecule has 0 radical (unpaired) electrons. The lowest BCUT2D eigenvalue weighted by Gasteiger charge is -2.39. The first kappa shape index (κ1) is 16.3. The molecule has 1 fully saturated rings. The number of hydrogen-bond acceptors (Lipinski definition) is 4. The van der Waals surface area contributed by atoms with Gasteiger partial charge in [-0.15, -0.1) is 0 Å². The molecule has 0 saturated carbocycles. The monoisotopic (exact) mass is 294 g/mol. The average Bonchev–Trinajstić information content (AvgIpc) is 2.73. The lowest BCUT2D eigenvalue weighted by molar-refractivity contribution is 0.116. The first-order valence-corrected chi connectivity index (χ1v) is 8.08. The van der Waals surface area contributed by atoms with Crippen LogP contribution in [0.15, 0.2) is 0 Å². The van der Waals surface area contributed by atoms with E-state index in [4.69, 9.17) is 4.74 Å². The molecule has 0 aromatic carbocycles. The maximum absolute atomic E-state index is 5.63. The Balaban J connectivity index is 2.27. The molecule has 0 spiro atoms. The first-order valence-electron chi connectivity index (χ1n) is 8.08. The van der Waals surface area contributed by atoms with Crippen LogP contribution < -0.4 is 10.1 Å². The summed E-state index contributed by atoms with van der Waals surface area (Å²) in [7, 11) is 5.93. The second-order valence-corrected chi connectivity index (χ2v) is 6.16. The SMILES string of the molecule is CCCNCC1CCCN(C)C1c1c(C)nn(C)c1OC. The number of aromatic nitrogens is 2. The zero-order valence-corrected chi connectivity index (χ0v) is 14.1. The molecular formula is C16H30N4O. The molecule has 2 heterocycles. The molecule has 5 nitrogen and oxygen atoms in total. The number of rotatable bonds is 6. The van der Waals surface area contributed by atoms with E-state index in [1.807, 2.05) is 11.7 Å². The largest absolute Gasteiger partial charge is 0.481 e. The lowest BCUT2D eigenvalue weighted by atomic mass is 9.84. The summed E-state index contributed by atoms with van der Waals surface area (Å²) in [5, 5.41) is 8.16. The fourth-order valence-electron chi connectivity index (χ4n) is 3.63. The Labute approximate surface area is 128 Å². The average molecular weight is 294 g/mol. The molecule has 2 unspecified atom stereocenters. The van der Waals surface area contributed by atoms with E-state index in [2.05, 4.69) is 36.2 Å². The molecule has 0 amide bonds. The Hall–Kier alpha value is -1.07. The van der Waals surface area contributed by atoms with Crippen molar-refractivity contribution >= 4 is 0 Å². The summed E-state index contributed by atoms with van der Waals surface area (Å²) in [6.45, 7) is 7.62. The number of methoxy groups -OCH3 is 1. The van der Waals surface area contributed by atoms with E-state index >= 15 is 0 Å². The van der Waals surface area contributed by atoms with E-state index in [-0.39, 0.29) is 0 Å². The quantitative estimate of drug-likeness (QED) is 0.816. The minimum absolute atomic E-state index is 0.395. The van der Waals surface area contributed by atoms with Crippen molar-refractivity contribution in [1.82, 2.24) is 20.0 Å². The van der Waals surface area contributed by atoms with Crippen LogP contribution in [-0.4, -0.2) is 48.5 Å². The van der Waals surface area contributed by atoms with Crippen LogP contribution in [0.3, 0.4) is 0 Å². The Kier molecular flexibility index (Phi) is 5.65. The summed E-state index contributed by atoms with van der Waals surface area (Å²) < 4.78 is 7.49. The van der Waals surface area contributed by atoms with Crippen molar-refractivity contribution in [3.8, 4) is 5.88 Å². The second-order valence-electron chi connectivity index (χ2n) is 6.16. The third kappa shape index (κ3) is 3.40. The van der Waals surface area contributed by atoms with E-state index in [1.54, 1.807) is 7.11 Å². The molecular weight excluding hydrogens is 264 g/mol. The molecule has 1 aliphatic rings. The van der Waals surface area contributed by atoms with Crippen LogP contribution in [0.5, 0.6) is 5.88 Å². The van der Waals surface area contributed by atoms with Crippen molar-refractivity contribution < 1.29 is 4.74 Å². The summed E-state index contributed by atoms with van der Waals surface area (Å²) >= 11 is 0. The fraction of sp³-hybridized carbons (Fsp3) is 0.812. The van der Waals surface area contributed by atoms with E-state index in [0.717, 1.165) is 31.2 Å². The number of ether oxygens (including phenoxy) is 1. The van der Waals surface area contributed by atoms with Gasteiger partial charge in [-0.25, -0.2) is 4.68 Å². The Bertz CT molecular complexity index is 457. The van der Waals surface area contributed by atoms with Crippen molar-refractivity contribution in [3.05, 3.63) is 11.3 Å². The predicted octanol–water partition coefficient (Wildman–Crippen LogP) is 2.12. The molecule has 21 heavy (non-hydrogen) atoms. The normalized spacial score (nSPS) is 23.5. The highest BCUT2D eigenvalue weighted by atomic mass is 16.5. The fourth-order valence-corrected chi connectivity index (χ4v) is 3.63. The molecule has 1 aromatic rings. The van der Waals surface area contributed by atoms with Gasteiger partial charge in [0.1, 0.15) is 0 Å². The van der Waals surface area contributed by atoms with Crippen molar-refractivity contribution in [2.24, 2.45) is 13.0 Å². The van der Waals surface area contributed by atoms with Crippen LogP contribution in [0, 0.1) is 12.8 Å². The van der Waals surface area contributed by atoms with Gasteiger partial charge in [-0.05, 0) is 58.8 Å². The maximum Gasteiger partial charge on any atom is 0.216 e. The van der Waals surface area contributed by atoms with Crippen LogP contribution in [0.4, 0.5) is 0 Å². The van der Waals surface area contributed by atoms with E-state index in [0.29, 0.717) is 12.0 Å². The zero-order chi connectivity index (χ0) is 15.4. The van der Waals surface area contributed by atoms with Crippen LogP contribution in [0.2, 0.25) is 0 Å². The van der Waals surface area contributed by atoms with Gasteiger partial charge in [0.05, 0.1) is 18.4 Å². The zero-order valence-electron chi connectivity index (χ0n) is 14.1. The van der Waals surface area contributed by atoms with Crippen LogP contribution in [0.1, 0.15) is 43.5 Å². The predicted molar refractivity (Wildman–Crippen MR) is 85.8 cm³/mol. The number of piperidine rings is 1. The molecule has 1 N–H and O–H groups in total. The van der Waals surface area contributed by atoms with Crippen molar-refractivity contribution in [2.75, 3.05) is 33.8 Å². The van der Waals surface area contributed by atoms with Gasteiger partial charge in [0, 0.05) is 13.1 Å². The minimum atomic E-state index is 0.395. The molecule has 2 rings (SSSR count). The molecule has 120 valence electrons. The van der Waals surface area contributed by atoms with Gasteiger partial charge in [0.15, 0.2) is 0 Å². The highest BCUT2D eigenvalue weighted by molar-refractivity contribution is 5.35. The minimum Gasteiger partial charge on any atom is -0.481 e. The van der Waals surface area contributed by atoms with Crippen molar-refractivity contribution in [1.29, 1.82) is 0 Å². The molecule has 2 atom stereocenters. The summed E-state index contributed by atoms with van der Waals surface area (Å²) in [5.74, 6) is 1.53. The van der Waals surface area contributed by atoms with Crippen LogP contribution in [0.25, 0.3) is 0 Å². The van der Waals surface area contributed by atoms with E-state index in [9.17, 15) is 0 Å². The van der Waals surface area contributed by atoms with Gasteiger partial charge in [-0.2, -0.15) is 5.10 Å². The standard InChI is InChI=1S/C16H30N4O/c1-6-9-17-11-13-8-7-10-19(3)15(13)14-12(2)18-20(4)16(14)21-5/h13,15,17H,6-11H2,1-5H3. The third-order valence-electron chi connectivity index (χ3n) is 4.54. The summed E-state index contributed by atoms with van der Waals surface area (Å²) in [6.07, 6.45) is 3.72. The number of nitrogens with one attached hydrogen (secondary N) is 1. The highest BCUT2D eigenvalue weighted by Gasteiger charge is 2.35. The Morgan fingerprint density at radius 3 is 2.81 bits per heavy atom. The number of likely N-dealkylation sites (tertiary alicyclic amines) is 1. The lowest BCUT2D eigenvalue weighted by Crippen LogP contribution is -2.41. The van der Waals surface area contributed by atoms with Gasteiger partial charge < -0.3 is 10.1 Å². The molecule has 5 heteroatoms. The highest BCUT2D eigenvalue weighted by Crippen LogP contribution is 2.40. The topological polar surface area (TPSA) is 42.3 Å². The first-order chi connectivity index (χ1) is 10.1. The van der Waals surface area contributed by atoms with E-state index in [1.165, 1.54) is 24.8 Å². The molecule has 0 bridgehead atoms. The van der Waals surface area contributed by atoms with Gasteiger partial charge >= 0.3 is 0 Å².